The van der Waals surface area contributed by atoms with Gasteiger partial charge in [0.1, 0.15) is 6.61 Å². The standard InChI is InChI=1S/C16H20ClN3O3/c1-22-11-15-18-14(19-23-15)10-20-8-6-16(21,7-9-20)12-2-4-13(17)5-3-12/h2-5,21H,6-11H2,1H3. The maximum Gasteiger partial charge on any atom is 0.252 e. The number of halogens is 1. The lowest BCUT2D eigenvalue weighted by molar-refractivity contribution is -0.0283. The van der Waals surface area contributed by atoms with Gasteiger partial charge in [-0.1, -0.05) is 28.9 Å². The fourth-order valence-corrected chi connectivity index (χ4v) is 2.99. The molecular formula is C16H20ClN3O3. The molecule has 1 aromatic carbocycles. The number of hydrogen-bond acceptors (Lipinski definition) is 6. The zero-order valence-corrected chi connectivity index (χ0v) is 13.8. The first-order chi connectivity index (χ1) is 11.1. The third-order valence-electron chi connectivity index (χ3n) is 4.21. The van der Waals surface area contributed by atoms with Crippen LogP contribution in [-0.4, -0.2) is 40.3 Å². The van der Waals surface area contributed by atoms with Gasteiger partial charge in [-0.15, -0.1) is 0 Å². The van der Waals surface area contributed by atoms with Crippen LogP contribution in [0.15, 0.2) is 28.8 Å². The number of ether oxygens (including phenoxy) is 1. The normalized spacial score (nSPS) is 18.2. The molecule has 0 aliphatic carbocycles. The molecule has 0 spiro atoms. The minimum Gasteiger partial charge on any atom is -0.385 e. The van der Waals surface area contributed by atoms with Crippen LogP contribution in [0.1, 0.15) is 30.1 Å². The molecule has 2 aromatic rings. The van der Waals surface area contributed by atoms with Crippen molar-refractivity contribution in [1.29, 1.82) is 0 Å². The van der Waals surface area contributed by atoms with Crippen LogP contribution in [0.2, 0.25) is 5.02 Å². The summed E-state index contributed by atoms with van der Waals surface area (Å²) < 4.78 is 10.1. The number of aromatic nitrogens is 2. The number of aliphatic hydroxyl groups is 1. The lowest BCUT2D eigenvalue weighted by atomic mass is 9.84. The van der Waals surface area contributed by atoms with E-state index >= 15 is 0 Å². The molecule has 0 unspecified atom stereocenters. The second-order valence-electron chi connectivity index (χ2n) is 5.85. The number of likely N-dealkylation sites (tertiary alicyclic amines) is 1. The van der Waals surface area contributed by atoms with Gasteiger partial charge in [0.05, 0.1) is 12.1 Å². The smallest absolute Gasteiger partial charge is 0.252 e. The van der Waals surface area contributed by atoms with Gasteiger partial charge in [-0.3, -0.25) is 4.90 Å². The van der Waals surface area contributed by atoms with Gasteiger partial charge in [-0.2, -0.15) is 4.98 Å². The predicted molar refractivity (Wildman–Crippen MR) is 84.9 cm³/mol. The third-order valence-corrected chi connectivity index (χ3v) is 4.46. The first-order valence-corrected chi connectivity index (χ1v) is 7.98. The average Bonchev–Trinajstić information content (AvgIpc) is 2.98. The Morgan fingerprint density at radius 2 is 2.00 bits per heavy atom. The quantitative estimate of drug-likeness (QED) is 0.903. The van der Waals surface area contributed by atoms with Crippen molar-refractivity contribution in [2.24, 2.45) is 0 Å². The van der Waals surface area contributed by atoms with E-state index in [4.69, 9.17) is 20.9 Å². The maximum absolute atomic E-state index is 10.9. The van der Waals surface area contributed by atoms with Gasteiger partial charge in [-0.25, -0.2) is 0 Å². The van der Waals surface area contributed by atoms with Crippen LogP contribution in [-0.2, 0) is 23.5 Å². The molecule has 1 aliphatic rings. The maximum atomic E-state index is 10.9. The van der Waals surface area contributed by atoms with Gasteiger partial charge in [-0.05, 0) is 30.5 Å². The number of piperidine rings is 1. The van der Waals surface area contributed by atoms with E-state index in [1.54, 1.807) is 7.11 Å². The van der Waals surface area contributed by atoms with Crippen LogP contribution in [0.3, 0.4) is 0 Å². The molecule has 6 nitrogen and oxygen atoms in total. The first-order valence-electron chi connectivity index (χ1n) is 7.60. The van der Waals surface area contributed by atoms with Crippen molar-refractivity contribution in [3.63, 3.8) is 0 Å². The van der Waals surface area contributed by atoms with Gasteiger partial charge in [0.15, 0.2) is 5.82 Å². The van der Waals surface area contributed by atoms with E-state index in [1.165, 1.54) is 0 Å². The SMILES string of the molecule is COCc1nc(CN2CCC(O)(c3ccc(Cl)cc3)CC2)no1. The van der Waals surface area contributed by atoms with Crippen molar-refractivity contribution in [2.75, 3.05) is 20.2 Å². The Balaban J connectivity index is 1.58. The topological polar surface area (TPSA) is 71.6 Å². The van der Waals surface area contributed by atoms with Crippen LogP contribution >= 0.6 is 11.6 Å². The summed E-state index contributed by atoms with van der Waals surface area (Å²) in [4.78, 5) is 6.49. The Morgan fingerprint density at radius 3 is 2.65 bits per heavy atom. The van der Waals surface area contributed by atoms with Crippen molar-refractivity contribution in [3.05, 3.63) is 46.6 Å². The number of methoxy groups -OCH3 is 1. The summed E-state index contributed by atoms with van der Waals surface area (Å²) in [5, 5.41) is 15.5. The summed E-state index contributed by atoms with van der Waals surface area (Å²) in [7, 11) is 1.59. The molecule has 23 heavy (non-hydrogen) atoms. The van der Waals surface area contributed by atoms with Crippen molar-refractivity contribution in [1.82, 2.24) is 15.0 Å². The first kappa shape index (κ1) is 16.4. The van der Waals surface area contributed by atoms with Crippen LogP contribution in [0.25, 0.3) is 0 Å². The van der Waals surface area contributed by atoms with Crippen LogP contribution < -0.4 is 0 Å². The Kier molecular flexibility index (Phi) is 4.96. The molecule has 0 saturated carbocycles. The Hall–Kier alpha value is -1.47. The molecule has 0 amide bonds. The third kappa shape index (κ3) is 3.90. The largest absolute Gasteiger partial charge is 0.385 e. The summed E-state index contributed by atoms with van der Waals surface area (Å²) in [6, 6.07) is 7.43. The molecule has 124 valence electrons. The molecule has 1 aliphatic heterocycles. The van der Waals surface area contributed by atoms with Crippen molar-refractivity contribution < 1.29 is 14.4 Å². The molecule has 1 N–H and O–H groups in total. The Morgan fingerprint density at radius 1 is 1.30 bits per heavy atom. The number of nitrogens with zero attached hydrogens (tertiary/aromatic N) is 3. The monoisotopic (exact) mass is 337 g/mol. The lowest BCUT2D eigenvalue weighted by Crippen LogP contribution is -2.42. The zero-order valence-electron chi connectivity index (χ0n) is 13.0. The average molecular weight is 338 g/mol. The fraction of sp³-hybridized carbons (Fsp3) is 0.500. The van der Waals surface area contributed by atoms with E-state index in [2.05, 4.69) is 15.0 Å². The number of rotatable bonds is 5. The predicted octanol–water partition coefficient (Wildman–Crippen LogP) is 2.35. The summed E-state index contributed by atoms with van der Waals surface area (Å²) in [6.45, 7) is 2.48. The summed E-state index contributed by atoms with van der Waals surface area (Å²) in [5.41, 5.74) is 0.128. The van der Waals surface area contributed by atoms with Gasteiger partial charge < -0.3 is 14.4 Å². The molecule has 1 saturated heterocycles. The Labute approximate surface area is 140 Å². The fourth-order valence-electron chi connectivity index (χ4n) is 2.87. The van der Waals surface area contributed by atoms with Gasteiger partial charge in [0.25, 0.3) is 5.89 Å². The molecule has 1 fully saturated rings. The highest BCUT2D eigenvalue weighted by molar-refractivity contribution is 6.30. The minimum atomic E-state index is -0.792. The highest BCUT2D eigenvalue weighted by Gasteiger charge is 2.34. The van der Waals surface area contributed by atoms with E-state index in [1.807, 2.05) is 24.3 Å². The Bertz CT molecular complexity index is 636. The van der Waals surface area contributed by atoms with Crippen LogP contribution in [0, 0.1) is 0 Å². The summed E-state index contributed by atoms with van der Waals surface area (Å²) in [5.74, 6) is 1.13. The van der Waals surface area contributed by atoms with E-state index in [9.17, 15) is 5.11 Å². The van der Waals surface area contributed by atoms with Crippen LogP contribution in [0.5, 0.6) is 0 Å². The van der Waals surface area contributed by atoms with Gasteiger partial charge >= 0.3 is 0 Å². The number of hydrogen-bond donors (Lipinski definition) is 1. The molecule has 0 radical (unpaired) electrons. The molecule has 1 aromatic heterocycles. The highest BCUT2D eigenvalue weighted by Crippen LogP contribution is 2.33. The van der Waals surface area contributed by atoms with Gasteiger partial charge in [0, 0.05) is 25.2 Å². The molecule has 0 bridgehead atoms. The lowest BCUT2D eigenvalue weighted by Gasteiger charge is -2.38. The van der Waals surface area contributed by atoms with E-state index in [-0.39, 0.29) is 0 Å². The van der Waals surface area contributed by atoms with Crippen LogP contribution in [0.4, 0.5) is 0 Å². The molecule has 0 atom stereocenters. The second-order valence-corrected chi connectivity index (χ2v) is 6.29. The highest BCUT2D eigenvalue weighted by atomic mass is 35.5. The van der Waals surface area contributed by atoms with Gasteiger partial charge in [0.2, 0.25) is 0 Å². The van der Waals surface area contributed by atoms with E-state index < -0.39 is 5.60 Å². The summed E-state index contributed by atoms with van der Waals surface area (Å²) in [6.07, 6.45) is 1.33. The minimum absolute atomic E-state index is 0.323. The van der Waals surface area contributed by atoms with E-state index in [0.717, 1.165) is 18.7 Å². The van der Waals surface area contributed by atoms with Crippen molar-refractivity contribution in [2.45, 2.75) is 31.6 Å². The molecule has 7 heteroatoms. The molecule has 3 rings (SSSR count). The van der Waals surface area contributed by atoms with Crippen molar-refractivity contribution in [3.8, 4) is 0 Å². The summed E-state index contributed by atoms with van der Waals surface area (Å²) >= 11 is 5.91. The second kappa shape index (κ2) is 6.97. The molecular weight excluding hydrogens is 318 g/mol. The van der Waals surface area contributed by atoms with E-state index in [0.29, 0.717) is 42.7 Å². The number of benzene rings is 1. The zero-order chi connectivity index (χ0) is 16.3. The van der Waals surface area contributed by atoms with Crippen molar-refractivity contribution >= 4 is 11.6 Å². The molecule has 2 heterocycles.